The van der Waals surface area contributed by atoms with Crippen LogP contribution in [0.25, 0.3) is 10.9 Å². The predicted octanol–water partition coefficient (Wildman–Crippen LogP) is 4.52. The number of rotatable bonds is 3. The summed E-state index contributed by atoms with van der Waals surface area (Å²) >= 11 is 0. The number of halogens is 4. The highest BCUT2D eigenvalue weighted by Crippen LogP contribution is 2.24. The molecule has 128 valence electrons. The van der Waals surface area contributed by atoms with Crippen LogP contribution in [0.1, 0.15) is 10.4 Å². The topological polar surface area (TPSA) is 51.2 Å². The van der Waals surface area contributed by atoms with Gasteiger partial charge in [-0.3, -0.25) is 9.78 Å². The lowest BCUT2D eigenvalue weighted by Gasteiger charge is -2.10. The fraction of sp³-hybridized carbons (Fsp3) is 0.0588. The van der Waals surface area contributed by atoms with Crippen LogP contribution >= 0.6 is 0 Å². The van der Waals surface area contributed by atoms with E-state index in [2.05, 4.69) is 15.0 Å². The Balaban J connectivity index is 1.79. The fourth-order valence-electron chi connectivity index (χ4n) is 2.20. The van der Waals surface area contributed by atoms with Gasteiger partial charge in [-0.1, -0.05) is 6.07 Å². The van der Waals surface area contributed by atoms with Crippen LogP contribution in [0, 0.1) is 5.82 Å². The van der Waals surface area contributed by atoms with Crippen molar-refractivity contribution in [3.05, 3.63) is 66.1 Å². The molecule has 25 heavy (non-hydrogen) atoms. The minimum absolute atomic E-state index is 0.194. The Hall–Kier alpha value is -3.16. The largest absolute Gasteiger partial charge is 0.573 e. The SMILES string of the molecule is O=C(Nc1ccc(OC(F)(F)F)cc1)c1cc2ncccc2cc1F. The second kappa shape index (κ2) is 6.39. The van der Waals surface area contributed by atoms with E-state index in [9.17, 15) is 22.4 Å². The Morgan fingerprint density at radius 3 is 2.48 bits per heavy atom. The number of nitrogens with zero attached hydrogens (tertiary/aromatic N) is 1. The van der Waals surface area contributed by atoms with Crippen molar-refractivity contribution in [3.63, 3.8) is 0 Å². The maximum absolute atomic E-state index is 14.1. The Morgan fingerprint density at radius 2 is 1.80 bits per heavy atom. The van der Waals surface area contributed by atoms with Crippen LogP contribution < -0.4 is 10.1 Å². The summed E-state index contributed by atoms with van der Waals surface area (Å²) in [5.41, 5.74) is 0.421. The second-order valence-electron chi connectivity index (χ2n) is 5.05. The molecule has 0 aliphatic rings. The number of alkyl halides is 3. The van der Waals surface area contributed by atoms with E-state index >= 15 is 0 Å². The monoisotopic (exact) mass is 350 g/mol. The Morgan fingerprint density at radius 1 is 1.08 bits per heavy atom. The Kier molecular flexibility index (Phi) is 4.26. The number of pyridine rings is 1. The summed E-state index contributed by atoms with van der Waals surface area (Å²) < 4.78 is 54.1. The molecule has 3 rings (SSSR count). The number of fused-ring (bicyclic) bond motifs is 1. The van der Waals surface area contributed by atoms with Crippen LogP contribution in [0.3, 0.4) is 0 Å². The summed E-state index contributed by atoms with van der Waals surface area (Å²) in [5, 5.41) is 2.96. The highest BCUT2D eigenvalue weighted by Gasteiger charge is 2.31. The van der Waals surface area contributed by atoms with Crippen molar-refractivity contribution >= 4 is 22.5 Å². The normalized spacial score (nSPS) is 11.4. The van der Waals surface area contributed by atoms with Crippen molar-refractivity contribution in [1.82, 2.24) is 4.98 Å². The van der Waals surface area contributed by atoms with E-state index in [0.717, 1.165) is 12.1 Å². The molecule has 1 N–H and O–H groups in total. The summed E-state index contributed by atoms with van der Waals surface area (Å²) in [5.74, 6) is -1.89. The van der Waals surface area contributed by atoms with E-state index in [1.54, 1.807) is 12.1 Å². The van der Waals surface area contributed by atoms with Crippen LogP contribution in [0.4, 0.5) is 23.2 Å². The first-order chi connectivity index (χ1) is 11.8. The first kappa shape index (κ1) is 16.7. The summed E-state index contributed by atoms with van der Waals surface area (Å²) in [4.78, 5) is 16.3. The molecule has 2 aromatic carbocycles. The number of nitrogens with one attached hydrogen (secondary N) is 1. The molecule has 0 saturated heterocycles. The fourth-order valence-corrected chi connectivity index (χ4v) is 2.20. The van der Waals surface area contributed by atoms with Crippen molar-refractivity contribution in [2.24, 2.45) is 0 Å². The molecule has 0 spiro atoms. The molecule has 8 heteroatoms. The molecule has 0 radical (unpaired) electrons. The van der Waals surface area contributed by atoms with Gasteiger partial charge in [-0.25, -0.2) is 4.39 Å². The number of hydrogen-bond acceptors (Lipinski definition) is 3. The smallest absolute Gasteiger partial charge is 0.406 e. The maximum Gasteiger partial charge on any atom is 0.573 e. The summed E-state index contributed by atoms with van der Waals surface area (Å²) in [6.45, 7) is 0. The molecular weight excluding hydrogens is 340 g/mol. The highest BCUT2D eigenvalue weighted by molar-refractivity contribution is 6.06. The Bertz CT molecular complexity index is 924. The van der Waals surface area contributed by atoms with Crippen LogP contribution in [0.15, 0.2) is 54.7 Å². The van der Waals surface area contributed by atoms with E-state index in [1.807, 2.05) is 0 Å². The first-order valence-corrected chi connectivity index (χ1v) is 7.03. The quantitative estimate of drug-likeness (QED) is 0.707. The number of carbonyl (C=O) groups is 1. The second-order valence-corrected chi connectivity index (χ2v) is 5.05. The molecule has 0 aliphatic heterocycles. The minimum atomic E-state index is -4.80. The third kappa shape index (κ3) is 4.03. The number of ether oxygens (including phenoxy) is 1. The van der Waals surface area contributed by atoms with Gasteiger partial charge in [-0.2, -0.15) is 0 Å². The summed E-state index contributed by atoms with van der Waals surface area (Å²) in [7, 11) is 0. The molecular formula is C17H10F4N2O2. The molecule has 0 atom stereocenters. The zero-order valence-electron chi connectivity index (χ0n) is 12.5. The molecule has 0 aliphatic carbocycles. The molecule has 0 bridgehead atoms. The van der Waals surface area contributed by atoms with Gasteiger partial charge in [-0.05, 0) is 42.5 Å². The van der Waals surface area contributed by atoms with Gasteiger partial charge in [-0.15, -0.1) is 13.2 Å². The number of amides is 1. The van der Waals surface area contributed by atoms with Gasteiger partial charge in [0.05, 0.1) is 11.1 Å². The van der Waals surface area contributed by atoms with Gasteiger partial charge in [0.1, 0.15) is 11.6 Å². The molecule has 1 heterocycles. The minimum Gasteiger partial charge on any atom is -0.406 e. The number of hydrogen-bond donors (Lipinski definition) is 1. The van der Waals surface area contributed by atoms with Gasteiger partial charge in [0.2, 0.25) is 0 Å². The van der Waals surface area contributed by atoms with E-state index in [0.29, 0.717) is 10.9 Å². The van der Waals surface area contributed by atoms with Crippen molar-refractivity contribution in [1.29, 1.82) is 0 Å². The van der Waals surface area contributed by atoms with E-state index in [1.165, 1.54) is 30.5 Å². The predicted molar refractivity (Wildman–Crippen MR) is 82.8 cm³/mol. The van der Waals surface area contributed by atoms with Crippen molar-refractivity contribution in [2.45, 2.75) is 6.36 Å². The molecule has 0 unspecified atom stereocenters. The molecule has 0 saturated carbocycles. The lowest BCUT2D eigenvalue weighted by atomic mass is 10.1. The average Bonchev–Trinajstić information content (AvgIpc) is 2.54. The highest BCUT2D eigenvalue weighted by atomic mass is 19.4. The Labute approximate surface area is 139 Å². The van der Waals surface area contributed by atoms with Crippen molar-refractivity contribution in [2.75, 3.05) is 5.32 Å². The van der Waals surface area contributed by atoms with Crippen LogP contribution in [-0.4, -0.2) is 17.3 Å². The number of aromatic nitrogens is 1. The number of benzene rings is 2. The van der Waals surface area contributed by atoms with Crippen LogP contribution in [-0.2, 0) is 0 Å². The standard InChI is InChI=1S/C17H10F4N2O2/c18-14-8-10-2-1-7-22-15(10)9-13(14)16(24)23-11-3-5-12(6-4-11)25-17(19,20)21/h1-9H,(H,23,24). The number of carbonyl (C=O) groups excluding carboxylic acids is 1. The molecule has 1 aromatic heterocycles. The van der Waals surface area contributed by atoms with E-state index in [4.69, 9.17) is 0 Å². The third-order valence-electron chi connectivity index (χ3n) is 3.28. The van der Waals surface area contributed by atoms with Crippen molar-refractivity contribution < 1.29 is 27.1 Å². The third-order valence-corrected chi connectivity index (χ3v) is 3.28. The summed E-state index contributed by atoms with van der Waals surface area (Å²) in [6.07, 6.45) is -3.28. The molecule has 4 nitrogen and oxygen atoms in total. The molecule has 0 fully saturated rings. The molecule has 3 aromatic rings. The van der Waals surface area contributed by atoms with Gasteiger partial charge in [0.15, 0.2) is 0 Å². The summed E-state index contributed by atoms with van der Waals surface area (Å²) in [6, 6.07) is 10.3. The van der Waals surface area contributed by atoms with E-state index < -0.39 is 23.8 Å². The first-order valence-electron chi connectivity index (χ1n) is 7.03. The van der Waals surface area contributed by atoms with Crippen LogP contribution in [0.5, 0.6) is 5.75 Å². The van der Waals surface area contributed by atoms with E-state index in [-0.39, 0.29) is 11.3 Å². The maximum atomic E-state index is 14.1. The van der Waals surface area contributed by atoms with Gasteiger partial charge in [0.25, 0.3) is 5.91 Å². The lowest BCUT2D eigenvalue weighted by molar-refractivity contribution is -0.274. The number of anilines is 1. The van der Waals surface area contributed by atoms with Gasteiger partial charge >= 0.3 is 6.36 Å². The van der Waals surface area contributed by atoms with Crippen LogP contribution in [0.2, 0.25) is 0 Å². The average molecular weight is 350 g/mol. The molecule has 1 amide bonds. The zero-order chi connectivity index (χ0) is 18.0. The van der Waals surface area contributed by atoms with Crippen molar-refractivity contribution in [3.8, 4) is 5.75 Å². The van der Waals surface area contributed by atoms with Gasteiger partial charge in [0, 0.05) is 17.3 Å². The van der Waals surface area contributed by atoms with Gasteiger partial charge < -0.3 is 10.1 Å². The zero-order valence-corrected chi connectivity index (χ0v) is 12.5. The lowest BCUT2D eigenvalue weighted by Crippen LogP contribution is -2.17.